The van der Waals surface area contributed by atoms with Gasteiger partial charge in [-0.25, -0.2) is 4.39 Å². The van der Waals surface area contributed by atoms with Crippen molar-refractivity contribution >= 4 is 28.6 Å². The summed E-state index contributed by atoms with van der Waals surface area (Å²) in [4.78, 5) is 12.6. The van der Waals surface area contributed by atoms with Gasteiger partial charge < -0.3 is 9.88 Å². The lowest BCUT2D eigenvalue weighted by Crippen LogP contribution is -2.21. The largest absolute Gasteiger partial charge is 0.343 e. The molecule has 0 saturated heterocycles. The van der Waals surface area contributed by atoms with E-state index in [0.717, 1.165) is 22.4 Å². The van der Waals surface area contributed by atoms with Gasteiger partial charge >= 0.3 is 0 Å². The van der Waals surface area contributed by atoms with Gasteiger partial charge in [0.05, 0.1) is 16.1 Å². The number of hydrogen-bond donors (Lipinski definition) is 1. The Morgan fingerprint density at radius 3 is 3.09 bits per heavy atom. The van der Waals surface area contributed by atoms with E-state index in [1.54, 1.807) is 12.3 Å². The molecular formula is C18H17FN2OS. The monoisotopic (exact) mass is 328 g/mol. The molecule has 1 aromatic carbocycles. The fraction of sp³-hybridized carbons (Fsp3) is 0.167. The number of aromatic nitrogens is 1. The maximum atomic E-state index is 13.6. The van der Waals surface area contributed by atoms with E-state index in [0.29, 0.717) is 12.1 Å². The van der Waals surface area contributed by atoms with Gasteiger partial charge in [0.25, 0.3) is 5.91 Å². The first kappa shape index (κ1) is 15.6. The van der Waals surface area contributed by atoms with Crippen LogP contribution < -0.4 is 5.32 Å². The number of nitrogens with zero attached hydrogens (tertiary/aromatic N) is 1. The third-order valence-electron chi connectivity index (χ3n) is 3.59. The van der Waals surface area contributed by atoms with Crippen molar-refractivity contribution < 1.29 is 9.18 Å². The molecule has 1 aliphatic heterocycles. The first-order valence-electron chi connectivity index (χ1n) is 7.42. The molecule has 3 nitrogen and oxygen atoms in total. The van der Waals surface area contributed by atoms with E-state index in [9.17, 15) is 9.18 Å². The SMILES string of the molecule is C/C=C/Cn1cc(C(=O)NC2=CCC=CS2)c2ccc(F)cc21. The predicted molar refractivity (Wildman–Crippen MR) is 93.6 cm³/mol. The van der Waals surface area contributed by atoms with E-state index in [4.69, 9.17) is 0 Å². The lowest BCUT2D eigenvalue weighted by molar-refractivity contribution is 0.0970. The van der Waals surface area contributed by atoms with Gasteiger partial charge in [-0.15, -0.1) is 0 Å². The summed E-state index contributed by atoms with van der Waals surface area (Å²) in [5.74, 6) is -0.477. The van der Waals surface area contributed by atoms with Crippen LogP contribution in [0.15, 0.2) is 59.1 Å². The molecule has 0 fully saturated rings. The van der Waals surface area contributed by atoms with Crippen LogP contribution in [0.2, 0.25) is 0 Å². The molecule has 5 heteroatoms. The molecule has 0 atom stereocenters. The van der Waals surface area contributed by atoms with E-state index >= 15 is 0 Å². The zero-order chi connectivity index (χ0) is 16.2. The molecule has 2 heterocycles. The van der Waals surface area contributed by atoms with Crippen molar-refractivity contribution in [2.75, 3.05) is 0 Å². The second-order valence-corrected chi connectivity index (χ2v) is 6.12. The van der Waals surface area contributed by atoms with Crippen LogP contribution in [0.5, 0.6) is 0 Å². The molecule has 0 unspecified atom stereocenters. The van der Waals surface area contributed by atoms with Gasteiger partial charge in [-0.05, 0) is 37.0 Å². The summed E-state index contributed by atoms with van der Waals surface area (Å²) in [6.45, 7) is 2.53. The van der Waals surface area contributed by atoms with E-state index in [1.807, 2.05) is 41.2 Å². The number of hydrogen-bond acceptors (Lipinski definition) is 2. The van der Waals surface area contributed by atoms with Crippen molar-refractivity contribution in [3.05, 3.63) is 70.5 Å². The number of rotatable bonds is 4. The second-order valence-electron chi connectivity index (χ2n) is 5.17. The minimum atomic E-state index is -0.306. The van der Waals surface area contributed by atoms with Crippen molar-refractivity contribution in [2.45, 2.75) is 19.9 Å². The standard InChI is InChI=1S/C18H17FN2OS/c1-2-3-9-21-12-15(14-8-7-13(19)11-16(14)21)18(22)20-17-6-4-5-10-23-17/h2-3,5-8,10-12H,4,9H2,1H3,(H,20,22)/b3-2+. The minimum absolute atomic E-state index is 0.171. The van der Waals surface area contributed by atoms with Gasteiger partial charge in [-0.2, -0.15) is 0 Å². The van der Waals surface area contributed by atoms with Gasteiger partial charge in [-0.1, -0.05) is 36.1 Å². The molecule has 0 saturated carbocycles. The molecule has 1 amide bonds. The highest BCUT2D eigenvalue weighted by Gasteiger charge is 2.16. The molecule has 3 rings (SSSR count). The molecule has 0 aliphatic carbocycles. The van der Waals surface area contributed by atoms with Crippen molar-refractivity contribution in [3.8, 4) is 0 Å². The van der Waals surface area contributed by atoms with Crippen LogP contribution in [0.4, 0.5) is 4.39 Å². The molecule has 118 valence electrons. The first-order chi connectivity index (χ1) is 11.2. The smallest absolute Gasteiger partial charge is 0.258 e. The Kier molecular flexibility index (Phi) is 4.67. The predicted octanol–water partition coefficient (Wildman–Crippen LogP) is 4.58. The van der Waals surface area contributed by atoms with Gasteiger partial charge in [0.15, 0.2) is 0 Å². The van der Waals surface area contributed by atoms with E-state index in [1.165, 1.54) is 23.9 Å². The van der Waals surface area contributed by atoms with Crippen LogP contribution in [-0.4, -0.2) is 10.5 Å². The van der Waals surface area contributed by atoms with Crippen LogP contribution in [-0.2, 0) is 6.54 Å². The molecule has 2 aromatic rings. The number of thioether (sulfide) groups is 1. The maximum absolute atomic E-state index is 13.6. The van der Waals surface area contributed by atoms with E-state index < -0.39 is 0 Å². The molecule has 23 heavy (non-hydrogen) atoms. The Labute approximate surface area is 138 Å². The molecule has 1 N–H and O–H groups in total. The molecule has 1 aliphatic rings. The number of amides is 1. The number of carbonyl (C=O) groups is 1. The van der Waals surface area contributed by atoms with Crippen LogP contribution >= 0.6 is 11.8 Å². The summed E-state index contributed by atoms with van der Waals surface area (Å²) in [6.07, 6.45) is 10.5. The highest BCUT2D eigenvalue weighted by molar-refractivity contribution is 8.05. The average molecular weight is 328 g/mol. The molecule has 0 radical (unpaired) electrons. The van der Waals surface area contributed by atoms with Crippen molar-refractivity contribution in [2.24, 2.45) is 0 Å². The number of nitrogens with one attached hydrogen (secondary N) is 1. The lowest BCUT2D eigenvalue weighted by atomic mass is 10.1. The zero-order valence-corrected chi connectivity index (χ0v) is 13.6. The maximum Gasteiger partial charge on any atom is 0.258 e. The van der Waals surface area contributed by atoms with E-state index in [2.05, 4.69) is 5.32 Å². The number of fused-ring (bicyclic) bond motifs is 1. The van der Waals surface area contributed by atoms with Crippen LogP contribution in [0.1, 0.15) is 23.7 Å². The molecule has 1 aromatic heterocycles. The van der Waals surface area contributed by atoms with Crippen molar-refractivity contribution in [3.63, 3.8) is 0 Å². The molecule has 0 bridgehead atoms. The summed E-state index contributed by atoms with van der Waals surface area (Å²) in [5, 5.41) is 6.46. The summed E-state index contributed by atoms with van der Waals surface area (Å²) < 4.78 is 15.5. The number of carbonyl (C=O) groups excluding carboxylic acids is 1. The first-order valence-corrected chi connectivity index (χ1v) is 8.29. The summed E-state index contributed by atoms with van der Waals surface area (Å²) >= 11 is 1.49. The van der Waals surface area contributed by atoms with Gasteiger partial charge in [0.1, 0.15) is 5.82 Å². The summed E-state index contributed by atoms with van der Waals surface area (Å²) in [7, 11) is 0. The topological polar surface area (TPSA) is 34.0 Å². The average Bonchev–Trinajstić information content (AvgIpc) is 2.92. The highest BCUT2D eigenvalue weighted by Crippen LogP contribution is 2.25. The highest BCUT2D eigenvalue weighted by atomic mass is 32.2. The molecular weight excluding hydrogens is 311 g/mol. The Hall–Kier alpha value is -2.27. The Morgan fingerprint density at radius 1 is 1.48 bits per heavy atom. The Balaban J connectivity index is 1.96. The second kappa shape index (κ2) is 6.87. The Bertz CT molecular complexity index is 833. The van der Waals surface area contributed by atoms with Gasteiger partial charge in [0, 0.05) is 18.1 Å². The molecule has 0 spiro atoms. The van der Waals surface area contributed by atoms with Gasteiger partial charge in [-0.3, -0.25) is 4.79 Å². The minimum Gasteiger partial charge on any atom is -0.343 e. The van der Waals surface area contributed by atoms with Crippen LogP contribution in [0.3, 0.4) is 0 Å². The summed E-state index contributed by atoms with van der Waals surface area (Å²) in [6, 6.07) is 4.51. The number of halogens is 1. The van der Waals surface area contributed by atoms with Gasteiger partial charge in [0.2, 0.25) is 0 Å². The van der Waals surface area contributed by atoms with Crippen molar-refractivity contribution in [1.29, 1.82) is 0 Å². The summed E-state index contributed by atoms with van der Waals surface area (Å²) in [5.41, 5.74) is 1.28. The lowest BCUT2D eigenvalue weighted by Gasteiger charge is -2.09. The third kappa shape index (κ3) is 3.40. The third-order valence-corrected chi connectivity index (χ3v) is 4.45. The van der Waals surface area contributed by atoms with E-state index in [-0.39, 0.29) is 11.7 Å². The fourth-order valence-electron chi connectivity index (χ4n) is 2.48. The zero-order valence-electron chi connectivity index (χ0n) is 12.8. The van der Waals surface area contributed by atoms with Crippen LogP contribution in [0.25, 0.3) is 10.9 Å². The van der Waals surface area contributed by atoms with Crippen LogP contribution in [0, 0.1) is 5.82 Å². The normalized spacial score (nSPS) is 14.4. The van der Waals surface area contributed by atoms with Crippen molar-refractivity contribution in [1.82, 2.24) is 9.88 Å². The Morgan fingerprint density at radius 2 is 2.35 bits per heavy atom. The fourth-order valence-corrected chi connectivity index (χ4v) is 3.17. The quantitative estimate of drug-likeness (QED) is 0.834. The number of benzene rings is 1. The number of allylic oxidation sites excluding steroid dienone is 4.